The summed E-state index contributed by atoms with van der Waals surface area (Å²) in [6.45, 7) is 5.31. The second-order valence-corrected chi connectivity index (χ2v) is 2.91. The predicted molar refractivity (Wildman–Crippen MR) is 39.2 cm³/mol. The van der Waals surface area contributed by atoms with Gasteiger partial charge in [-0.25, -0.2) is 0 Å². The Balaban J connectivity index is 4.12. The molecule has 10 heavy (non-hydrogen) atoms. The van der Waals surface area contributed by atoms with Crippen molar-refractivity contribution in [1.29, 1.82) is 0 Å². The molecular formula is C7H15NO2. The molecule has 0 saturated heterocycles. The molecule has 0 aromatic carbocycles. The average Bonchev–Trinajstić information content (AvgIpc) is 1.59. The van der Waals surface area contributed by atoms with Crippen LogP contribution in [0.25, 0.3) is 0 Å². The third-order valence-corrected chi connectivity index (χ3v) is 1.57. The molecule has 0 rings (SSSR count). The predicted octanol–water partition coefficient (Wildman–Crippen LogP) is 0.125. The summed E-state index contributed by atoms with van der Waals surface area (Å²) in [6.07, 6.45) is -0.641. The van der Waals surface area contributed by atoms with Crippen LogP contribution in [0, 0.1) is 11.8 Å². The first-order valence-electron chi connectivity index (χ1n) is 3.44. The van der Waals surface area contributed by atoms with Crippen LogP contribution >= 0.6 is 0 Å². The molecule has 60 valence electrons. The van der Waals surface area contributed by atoms with Gasteiger partial charge in [0.2, 0.25) is 5.91 Å². The summed E-state index contributed by atoms with van der Waals surface area (Å²) in [7, 11) is 0. The zero-order valence-corrected chi connectivity index (χ0v) is 6.66. The molecule has 3 N–H and O–H groups in total. The van der Waals surface area contributed by atoms with Crippen LogP contribution in [-0.2, 0) is 4.79 Å². The van der Waals surface area contributed by atoms with Crippen molar-refractivity contribution in [2.45, 2.75) is 26.9 Å². The second-order valence-electron chi connectivity index (χ2n) is 2.91. The molecule has 0 aromatic rings. The van der Waals surface area contributed by atoms with Gasteiger partial charge in [-0.2, -0.15) is 0 Å². The molecule has 0 aliphatic rings. The lowest BCUT2D eigenvalue weighted by Crippen LogP contribution is -2.35. The van der Waals surface area contributed by atoms with E-state index in [1.54, 1.807) is 6.92 Å². The maximum atomic E-state index is 10.6. The third kappa shape index (κ3) is 2.35. The van der Waals surface area contributed by atoms with Crippen LogP contribution in [0.5, 0.6) is 0 Å². The number of amides is 1. The van der Waals surface area contributed by atoms with E-state index in [4.69, 9.17) is 10.8 Å². The molecule has 0 radical (unpaired) electrons. The summed E-state index contributed by atoms with van der Waals surface area (Å²) in [6, 6.07) is 0. The summed E-state index contributed by atoms with van der Waals surface area (Å²) in [5.41, 5.74) is 5.04. The van der Waals surface area contributed by atoms with Crippen LogP contribution in [0.3, 0.4) is 0 Å². The van der Waals surface area contributed by atoms with Crippen molar-refractivity contribution in [1.82, 2.24) is 0 Å². The van der Waals surface area contributed by atoms with Gasteiger partial charge in [-0.1, -0.05) is 13.8 Å². The zero-order chi connectivity index (χ0) is 8.31. The number of hydrogen-bond acceptors (Lipinski definition) is 2. The largest absolute Gasteiger partial charge is 0.393 e. The monoisotopic (exact) mass is 145 g/mol. The number of aliphatic hydroxyl groups excluding tert-OH is 1. The number of nitrogens with two attached hydrogens (primary N) is 1. The number of hydrogen-bond donors (Lipinski definition) is 2. The molecule has 2 atom stereocenters. The van der Waals surface area contributed by atoms with Gasteiger partial charge < -0.3 is 10.8 Å². The van der Waals surface area contributed by atoms with Gasteiger partial charge in [-0.3, -0.25) is 4.79 Å². The average molecular weight is 145 g/mol. The minimum absolute atomic E-state index is 0.109. The van der Waals surface area contributed by atoms with Crippen molar-refractivity contribution in [3.63, 3.8) is 0 Å². The maximum Gasteiger partial charge on any atom is 0.223 e. The highest BCUT2D eigenvalue weighted by Gasteiger charge is 2.23. The normalized spacial score (nSPS) is 16.9. The van der Waals surface area contributed by atoms with Gasteiger partial charge in [0.15, 0.2) is 0 Å². The van der Waals surface area contributed by atoms with E-state index >= 15 is 0 Å². The molecule has 0 saturated carbocycles. The van der Waals surface area contributed by atoms with E-state index in [0.717, 1.165) is 0 Å². The quantitative estimate of drug-likeness (QED) is 0.592. The number of aliphatic hydroxyl groups is 1. The highest BCUT2D eigenvalue weighted by Crippen LogP contribution is 2.13. The Morgan fingerprint density at radius 2 is 1.80 bits per heavy atom. The summed E-state index contributed by atoms with van der Waals surface area (Å²) >= 11 is 0. The van der Waals surface area contributed by atoms with E-state index in [2.05, 4.69) is 0 Å². The molecule has 3 heteroatoms. The Kier molecular flexibility index (Phi) is 3.36. The number of carbonyl (C=O) groups excluding carboxylic acids is 1. The molecule has 0 spiro atoms. The molecule has 3 nitrogen and oxygen atoms in total. The lowest BCUT2D eigenvalue weighted by molar-refractivity contribution is -0.126. The fourth-order valence-corrected chi connectivity index (χ4v) is 1.12. The molecule has 0 aliphatic heterocycles. The van der Waals surface area contributed by atoms with Crippen molar-refractivity contribution >= 4 is 5.91 Å². The first kappa shape index (κ1) is 9.43. The van der Waals surface area contributed by atoms with Crippen molar-refractivity contribution < 1.29 is 9.90 Å². The molecule has 0 aromatic heterocycles. The van der Waals surface area contributed by atoms with Crippen LogP contribution in [0.15, 0.2) is 0 Å². The second kappa shape index (κ2) is 3.56. The van der Waals surface area contributed by atoms with Gasteiger partial charge in [-0.15, -0.1) is 0 Å². The van der Waals surface area contributed by atoms with Crippen LogP contribution < -0.4 is 5.73 Å². The summed E-state index contributed by atoms with van der Waals surface area (Å²) in [5, 5.41) is 9.05. The number of primary amides is 1. The Labute approximate surface area is 61.2 Å². The maximum absolute atomic E-state index is 10.6. The molecule has 0 bridgehead atoms. The molecule has 0 aliphatic carbocycles. The minimum Gasteiger partial charge on any atom is -0.393 e. The Morgan fingerprint density at radius 1 is 1.40 bits per heavy atom. The van der Waals surface area contributed by atoms with Crippen molar-refractivity contribution in [3.8, 4) is 0 Å². The SMILES string of the molecule is CC(C)[C@H](C(N)=O)[C@@H](C)O. The first-order chi connectivity index (χ1) is 4.46. The Bertz CT molecular complexity index is 113. The number of carbonyl (C=O) groups is 1. The fourth-order valence-electron chi connectivity index (χ4n) is 1.12. The lowest BCUT2D eigenvalue weighted by Gasteiger charge is -2.19. The summed E-state index contributed by atoms with van der Waals surface area (Å²) in [4.78, 5) is 10.6. The Hall–Kier alpha value is -0.570. The van der Waals surface area contributed by atoms with Gasteiger partial charge in [0.1, 0.15) is 0 Å². The topological polar surface area (TPSA) is 63.3 Å². The zero-order valence-electron chi connectivity index (χ0n) is 6.66. The molecule has 1 amide bonds. The van der Waals surface area contributed by atoms with E-state index in [0.29, 0.717) is 0 Å². The van der Waals surface area contributed by atoms with E-state index in [1.165, 1.54) is 0 Å². The Morgan fingerprint density at radius 3 is 1.80 bits per heavy atom. The van der Waals surface area contributed by atoms with Crippen LogP contribution in [-0.4, -0.2) is 17.1 Å². The summed E-state index contributed by atoms with van der Waals surface area (Å²) < 4.78 is 0. The van der Waals surface area contributed by atoms with Crippen LogP contribution in [0.2, 0.25) is 0 Å². The van der Waals surface area contributed by atoms with Gasteiger partial charge in [-0.05, 0) is 12.8 Å². The highest BCUT2D eigenvalue weighted by molar-refractivity contribution is 5.77. The van der Waals surface area contributed by atoms with Gasteiger partial charge in [0.05, 0.1) is 12.0 Å². The smallest absolute Gasteiger partial charge is 0.223 e. The third-order valence-electron chi connectivity index (χ3n) is 1.57. The van der Waals surface area contributed by atoms with E-state index in [1.807, 2.05) is 13.8 Å². The van der Waals surface area contributed by atoms with Crippen molar-refractivity contribution in [2.75, 3.05) is 0 Å². The highest BCUT2D eigenvalue weighted by atomic mass is 16.3. The fraction of sp³-hybridized carbons (Fsp3) is 0.857. The van der Waals surface area contributed by atoms with Crippen molar-refractivity contribution in [2.24, 2.45) is 17.6 Å². The number of rotatable bonds is 3. The minimum atomic E-state index is -0.641. The van der Waals surface area contributed by atoms with Crippen LogP contribution in [0.4, 0.5) is 0 Å². The first-order valence-corrected chi connectivity index (χ1v) is 3.44. The lowest BCUT2D eigenvalue weighted by atomic mass is 9.91. The summed E-state index contributed by atoms with van der Waals surface area (Å²) in [5.74, 6) is -0.734. The molecule has 0 unspecified atom stereocenters. The van der Waals surface area contributed by atoms with E-state index in [-0.39, 0.29) is 5.92 Å². The van der Waals surface area contributed by atoms with E-state index < -0.39 is 17.9 Å². The van der Waals surface area contributed by atoms with E-state index in [9.17, 15) is 4.79 Å². The van der Waals surface area contributed by atoms with Crippen LogP contribution in [0.1, 0.15) is 20.8 Å². The molecule has 0 heterocycles. The van der Waals surface area contributed by atoms with Gasteiger partial charge >= 0.3 is 0 Å². The standard InChI is InChI=1S/C7H15NO2/c1-4(2)6(5(3)9)7(8)10/h4-6,9H,1-3H3,(H2,8,10)/t5-,6+/m1/s1. The van der Waals surface area contributed by atoms with Crippen molar-refractivity contribution in [3.05, 3.63) is 0 Å². The molecule has 0 fully saturated rings. The van der Waals surface area contributed by atoms with Gasteiger partial charge in [0.25, 0.3) is 0 Å². The molecular weight excluding hydrogens is 130 g/mol. The van der Waals surface area contributed by atoms with Gasteiger partial charge in [0, 0.05) is 0 Å².